The molecule has 0 N–H and O–H groups in total. The summed E-state index contributed by atoms with van der Waals surface area (Å²) in [5.74, 6) is 0. The highest BCUT2D eigenvalue weighted by Gasteiger charge is 2.21. The van der Waals surface area contributed by atoms with Gasteiger partial charge in [0.15, 0.2) is 0 Å². The first-order chi connectivity index (χ1) is 4.70. The SMILES string of the molecule is CC1(C)C=Cc2cccn21. The molecule has 0 radical (unpaired) electrons. The van der Waals surface area contributed by atoms with Crippen LogP contribution in [0.1, 0.15) is 19.5 Å². The molecule has 1 aliphatic heterocycles. The lowest BCUT2D eigenvalue weighted by atomic mass is 10.1. The first kappa shape index (κ1) is 5.78. The molecular formula is C9H11N. The van der Waals surface area contributed by atoms with Crippen molar-refractivity contribution >= 4 is 6.08 Å². The van der Waals surface area contributed by atoms with Crippen molar-refractivity contribution in [1.82, 2.24) is 4.57 Å². The third kappa shape index (κ3) is 0.576. The summed E-state index contributed by atoms with van der Waals surface area (Å²) in [7, 11) is 0. The van der Waals surface area contributed by atoms with E-state index in [1.54, 1.807) is 0 Å². The Morgan fingerprint density at radius 3 is 2.90 bits per heavy atom. The van der Waals surface area contributed by atoms with Gasteiger partial charge in [-0.1, -0.05) is 6.08 Å². The normalized spacial score (nSPS) is 19.4. The molecule has 1 heteroatoms. The smallest absolute Gasteiger partial charge is 0.0575 e. The Kier molecular flexibility index (Phi) is 0.890. The van der Waals surface area contributed by atoms with Gasteiger partial charge in [0.25, 0.3) is 0 Å². The molecule has 0 saturated heterocycles. The Balaban J connectivity index is 2.64. The van der Waals surface area contributed by atoms with Gasteiger partial charge in [0, 0.05) is 11.9 Å². The van der Waals surface area contributed by atoms with E-state index in [2.05, 4.69) is 48.9 Å². The van der Waals surface area contributed by atoms with Gasteiger partial charge in [0.05, 0.1) is 5.54 Å². The predicted octanol–water partition coefficient (Wildman–Crippen LogP) is 2.25. The topological polar surface area (TPSA) is 4.93 Å². The first-order valence-corrected chi connectivity index (χ1v) is 3.57. The largest absolute Gasteiger partial charge is 0.339 e. The van der Waals surface area contributed by atoms with Crippen LogP contribution in [0.3, 0.4) is 0 Å². The average Bonchev–Trinajstić information content (AvgIpc) is 2.36. The van der Waals surface area contributed by atoms with Crippen molar-refractivity contribution in [3.05, 3.63) is 30.1 Å². The number of rotatable bonds is 0. The number of fused-ring (bicyclic) bond motifs is 1. The lowest BCUT2D eigenvalue weighted by molar-refractivity contribution is 0.469. The summed E-state index contributed by atoms with van der Waals surface area (Å²) in [4.78, 5) is 0. The second-order valence-corrected chi connectivity index (χ2v) is 3.29. The van der Waals surface area contributed by atoms with Crippen LogP contribution in [0.15, 0.2) is 24.4 Å². The molecule has 2 heterocycles. The van der Waals surface area contributed by atoms with Crippen LogP contribution >= 0.6 is 0 Å². The molecule has 0 fully saturated rings. The molecule has 1 aliphatic rings. The Morgan fingerprint density at radius 2 is 2.20 bits per heavy atom. The monoisotopic (exact) mass is 133 g/mol. The van der Waals surface area contributed by atoms with E-state index in [9.17, 15) is 0 Å². The minimum Gasteiger partial charge on any atom is -0.339 e. The van der Waals surface area contributed by atoms with Gasteiger partial charge in [-0.15, -0.1) is 0 Å². The molecule has 2 rings (SSSR count). The van der Waals surface area contributed by atoms with Crippen LogP contribution in [0.25, 0.3) is 6.08 Å². The zero-order chi connectivity index (χ0) is 7.19. The van der Waals surface area contributed by atoms with Crippen molar-refractivity contribution in [3.8, 4) is 0 Å². The van der Waals surface area contributed by atoms with E-state index in [1.807, 2.05) is 0 Å². The highest BCUT2D eigenvalue weighted by Crippen LogP contribution is 2.27. The summed E-state index contributed by atoms with van der Waals surface area (Å²) in [5.41, 5.74) is 1.50. The van der Waals surface area contributed by atoms with Crippen LogP contribution in [-0.4, -0.2) is 4.57 Å². The van der Waals surface area contributed by atoms with E-state index in [1.165, 1.54) is 5.69 Å². The molecule has 10 heavy (non-hydrogen) atoms. The van der Waals surface area contributed by atoms with Crippen molar-refractivity contribution in [2.45, 2.75) is 19.4 Å². The van der Waals surface area contributed by atoms with Gasteiger partial charge in [0.2, 0.25) is 0 Å². The maximum atomic E-state index is 2.27. The fourth-order valence-corrected chi connectivity index (χ4v) is 1.42. The third-order valence-electron chi connectivity index (χ3n) is 2.06. The average molecular weight is 133 g/mol. The molecular weight excluding hydrogens is 122 g/mol. The van der Waals surface area contributed by atoms with Crippen LogP contribution in [0.5, 0.6) is 0 Å². The molecule has 0 amide bonds. The summed E-state index contributed by atoms with van der Waals surface area (Å²) in [6.45, 7) is 4.42. The van der Waals surface area contributed by atoms with E-state index in [-0.39, 0.29) is 5.54 Å². The summed E-state index contributed by atoms with van der Waals surface area (Å²) in [5, 5.41) is 0. The molecule has 1 aromatic rings. The number of aromatic nitrogens is 1. The van der Waals surface area contributed by atoms with Crippen molar-refractivity contribution in [2.24, 2.45) is 0 Å². The van der Waals surface area contributed by atoms with Gasteiger partial charge < -0.3 is 4.57 Å². The van der Waals surface area contributed by atoms with E-state index >= 15 is 0 Å². The number of hydrogen-bond donors (Lipinski definition) is 0. The Labute approximate surface area is 61.0 Å². The van der Waals surface area contributed by atoms with Crippen LogP contribution in [0, 0.1) is 0 Å². The van der Waals surface area contributed by atoms with Gasteiger partial charge in [-0.05, 0) is 32.1 Å². The minimum absolute atomic E-state index is 0.193. The summed E-state index contributed by atoms with van der Waals surface area (Å²) in [6, 6.07) is 4.21. The molecule has 0 unspecified atom stereocenters. The van der Waals surface area contributed by atoms with Crippen molar-refractivity contribution < 1.29 is 0 Å². The van der Waals surface area contributed by atoms with Crippen LogP contribution < -0.4 is 0 Å². The molecule has 0 aliphatic carbocycles. The van der Waals surface area contributed by atoms with Crippen LogP contribution in [0.2, 0.25) is 0 Å². The van der Waals surface area contributed by atoms with Crippen molar-refractivity contribution in [1.29, 1.82) is 0 Å². The van der Waals surface area contributed by atoms with E-state index in [4.69, 9.17) is 0 Å². The van der Waals surface area contributed by atoms with E-state index in [0.29, 0.717) is 0 Å². The summed E-state index contributed by atoms with van der Waals surface area (Å²) >= 11 is 0. The maximum absolute atomic E-state index is 2.27. The molecule has 0 bridgehead atoms. The molecule has 1 aromatic heterocycles. The predicted molar refractivity (Wildman–Crippen MR) is 42.8 cm³/mol. The van der Waals surface area contributed by atoms with Gasteiger partial charge in [0.1, 0.15) is 0 Å². The van der Waals surface area contributed by atoms with Crippen LogP contribution in [0.4, 0.5) is 0 Å². The fourth-order valence-electron chi connectivity index (χ4n) is 1.42. The van der Waals surface area contributed by atoms with E-state index < -0.39 is 0 Å². The Morgan fingerprint density at radius 1 is 1.40 bits per heavy atom. The van der Waals surface area contributed by atoms with Gasteiger partial charge in [-0.25, -0.2) is 0 Å². The molecule has 52 valence electrons. The van der Waals surface area contributed by atoms with Gasteiger partial charge >= 0.3 is 0 Å². The zero-order valence-electron chi connectivity index (χ0n) is 6.33. The standard InChI is InChI=1S/C9H11N/c1-9(2)6-5-8-4-3-7-10(8)9/h3-7H,1-2H3. The zero-order valence-corrected chi connectivity index (χ0v) is 6.33. The van der Waals surface area contributed by atoms with Crippen molar-refractivity contribution in [2.75, 3.05) is 0 Å². The first-order valence-electron chi connectivity index (χ1n) is 3.57. The lowest BCUT2D eigenvalue weighted by Crippen LogP contribution is -2.19. The van der Waals surface area contributed by atoms with Crippen LogP contribution in [-0.2, 0) is 5.54 Å². The molecule has 0 saturated carbocycles. The van der Waals surface area contributed by atoms with Gasteiger partial charge in [-0.3, -0.25) is 0 Å². The number of hydrogen-bond acceptors (Lipinski definition) is 0. The molecule has 0 aromatic carbocycles. The van der Waals surface area contributed by atoms with Crippen molar-refractivity contribution in [3.63, 3.8) is 0 Å². The lowest BCUT2D eigenvalue weighted by Gasteiger charge is -2.19. The number of nitrogens with zero attached hydrogens (tertiary/aromatic N) is 1. The summed E-state index contributed by atoms with van der Waals surface area (Å²) < 4.78 is 2.27. The quantitative estimate of drug-likeness (QED) is 0.511. The maximum Gasteiger partial charge on any atom is 0.0575 e. The highest BCUT2D eigenvalue weighted by atomic mass is 15.1. The molecule has 0 atom stereocenters. The number of allylic oxidation sites excluding steroid dienone is 1. The minimum atomic E-state index is 0.193. The third-order valence-corrected chi connectivity index (χ3v) is 2.06. The Hall–Kier alpha value is -0.980. The molecule has 0 spiro atoms. The summed E-state index contributed by atoms with van der Waals surface area (Å²) in [6.07, 6.45) is 6.51. The second-order valence-electron chi connectivity index (χ2n) is 3.29. The Bertz CT molecular complexity index is 279. The molecule has 1 nitrogen and oxygen atoms in total. The highest BCUT2D eigenvalue weighted by molar-refractivity contribution is 5.52. The van der Waals surface area contributed by atoms with E-state index in [0.717, 1.165) is 0 Å². The fraction of sp³-hybridized carbons (Fsp3) is 0.333. The van der Waals surface area contributed by atoms with Gasteiger partial charge in [-0.2, -0.15) is 0 Å². The second kappa shape index (κ2) is 1.54.